The number of amides is 1. The lowest BCUT2D eigenvalue weighted by Gasteiger charge is -2.26. The van der Waals surface area contributed by atoms with Crippen LogP contribution in [0, 0.1) is 0 Å². The molecule has 0 saturated carbocycles. The number of hydrogen-bond acceptors (Lipinski definition) is 2. The van der Waals surface area contributed by atoms with Gasteiger partial charge in [0.05, 0.1) is 5.60 Å². The molecule has 2 aliphatic rings. The predicted octanol–water partition coefficient (Wildman–Crippen LogP) is 3.18. The van der Waals surface area contributed by atoms with Crippen LogP contribution in [0.3, 0.4) is 0 Å². The smallest absolute Gasteiger partial charge is 0.222 e. The second-order valence-corrected chi connectivity index (χ2v) is 6.35. The van der Waals surface area contributed by atoms with Crippen molar-refractivity contribution in [2.75, 3.05) is 19.7 Å². The molecule has 0 N–H and O–H groups in total. The van der Waals surface area contributed by atoms with Crippen molar-refractivity contribution in [1.82, 2.24) is 4.90 Å². The standard InChI is InChI=1S/C18H25NO2/c20-17-9-11-18(10-5-15-21-18)12-14-19(17)13-4-8-16-6-2-1-3-7-16/h1-3,6-7H,4-5,8-15H2/t18-/m1/s1. The molecule has 114 valence electrons. The molecule has 0 unspecified atom stereocenters. The molecule has 1 atom stereocenters. The Balaban J connectivity index is 1.50. The van der Waals surface area contributed by atoms with Crippen LogP contribution in [0.1, 0.15) is 44.1 Å². The van der Waals surface area contributed by atoms with Crippen LogP contribution in [-0.4, -0.2) is 36.1 Å². The second-order valence-electron chi connectivity index (χ2n) is 6.35. The van der Waals surface area contributed by atoms with E-state index in [1.54, 1.807) is 0 Å². The van der Waals surface area contributed by atoms with Gasteiger partial charge in [-0.25, -0.2) is 0 Å². The highest BCUT2D eigenvalue weighted by Gasteiger charge is 2.38. The van der Waals surface area contributed by atoms with Crippen molar-refractivity contribution in [2.24, 2.45) is 0 Å². The van der Waals surface area contributed by atoms with Crippen molar-refractivity contribution in [3.63, 3.8) is 0 Å². The zero-order chi connectivity index (χ0) is 14.5. The Kier molecular flexibility index (Phi) is 4.59. The number of aryl methyl sites for hydroxylation is 1. The topological polar surface area (TPSA) is 29.5 Å². The second kappa shape index (κ2) is 6.61. The maximum Gasteiger partial charge on any atom is 0.222 e. The molecule has 3 rings (SSSR count). The number of likely N-dealkylation sites (tertiary alicyclic amines) is 1. The van der Waals surface area contributed by atoms with E-state index in [0.29, 0.717) is 12.3 Å². The van der Waals surface area contributed by atoms with Gasteiger partial charge in [-0.15, -0.1) is 0 Å². The molecular weight excluding hydrogens is 262 g/mol. The van der Waals surface area contributed by atoms with E-state index < -0.39 is 0 Å². The third kappa shape index (κ3) is 3.65. The van der Waals surface area contributed by atoms with E-state index in [-0.39, 0.29) is 5.60 Å². The van der Waals surface area contributed by atoms with Crippen LogP contribution in [0.5, 0.6) is 0 Å². The van der Waals surface area contributed by atoms with E-state index in [1.165, 1.54) is 5.56 Å². The molecule has 0 radical (unpaired) electrons. The van der Waals surface area contributed by atoms with Gasteiger partial charge in [-0.2, -0.15) is 0 Å². The first kappa shape index (κ1) is 14.6. The number of benzene rings is 1. The van der Waals surface area contributed by atoms with Gasteiger partial charge in [0.25, 0.3) is 0 Å². The van der Waals surface area contributed by atoms with Crippen molar-refractivity contribution in [1.29, 1.82) is 0 Å². The molecule has 2 saturated heterocycles. The number of rotatable bonds is 4. The van der Waals surface area contributed by atoms with Gasteiger partial charge >= 0.3 is 0 Å². The van der Waals surface area contributed by atoms with E-state index in [2.05, 4.69) is 29.2 Å². The fourth-order valence-corrected chi connectivity index (χ4v) is 3.59. The summed E-state index contributed by atoms with van der Waals surface area (Å²) in [5.74, 6) is 0.315. The van der Waals surface area contributed by atoms with Crippen LogP contribution in [0.4, 0.5) is 0 Å². The van der Waals surface area contributed by atoms with Crippen LogP contribution in [0.25, 0.3) is 0 Å². The largest absolute Gasteiger partial charge is 0.375 e. The van der Waals surface area contributed by atoms with Crippen molar-refractivity contribution < 1.29 is 9.53 Å². The van der Waals surface area contributed by atoms with Crippen LogP contribution in [0.2, 0.25) is 0 Å². The van der Waals surface area contributed by atoms with Crippen molar-refractivity contribution in [3.05, 3.63) is 35.9 Å². The van der Waals surface area contributed by atoms with Gasteiger partial charge in [0, 0.05) is 26.1 Å². The van der Waals surface area contributed by atoms with Crippen LogP contribution in [0.15, 0.2) is 30.3 Å². The summed E-state index contributed by atoms with van der Waals surface area (Å²) in [5.41, 5.74) is 1.37. The summed E-state index contributed by atoms with van der Waals surface area (Å²) in [7, 11) is 0. The summed E-state index contributed by atoms with van der Waals surface area (Å²) in [6.45, 7) is 2.62. The summed E-state index contributed by atoms with van der Waals surface area (Å²) < 4.78 is 5.95. The van der Waals surface area contributed by atoms with E-state index in [9.17, 15) is 4.79 Å². The number of carbonyl (C=O) groups is 1. The Bertz CT molecular complexity index is 465. The number of carbonyl (C=O) groups excluding carboxylic acids is 1. The van der Waals surface area contributed by atoms with Gasteiger partial charge in [-0.3, -0.25) is 4.79 Å². The first-order valence-electron chi connectivity index (χ1n) is 8.23. The fraction of sp³-hybridized carbons (Fsp3) is 0.611. The van der Waals surface area contributed by atoms with Gasteiger partial charge in [-0.05, 0) is 44.1 Å². The Morgan fingerprint density at radius 1 is 1.14 bits per heavy atom. The van der Waals surface area contributed by atoms with Crippen molar-refractivity contribution in [3.8, 4) is 0 Å². The van der Waals surface area contributed by atoms with E-state index in [1.807, 2.05) is 6.07 Å². The Morgan fingerprint density at radius 2 is 2.00 bits per heavy atom. The summed E-state index contributed by atoms with van der Waals surface area (Å²) in [4.78, 5) is 14.3. The van der Waals surface area contributed by atoms with E-state index in [4.69, 9.17) is 4.74 Å². The highest BCUT2D eigenvalue weighted by molar-refractivity contribution is 5.76. The molecule has 2 aliphatic heterocycles. The Labute approximate surface area is 127 Å². The van der Waals surface area contributed by atoms with E-state index in [0.717, 1.165) is 58.2 Å². The molecule has 21 heavy (non-hydrogen) atoms. The molecule has 0 aromatic heterocycles. The molecular formula is C18H25NO2. The first-order chi connectivity index (χ1) is 10.3. The third-order valence-corrected chi connectivity index (χ3v) is 4.91. The molecule has 3 nitrogen and oxygen atoms in total. The van der Waals surface area contributed by atoms with Crippen molar-refractivity contribution >= 4 is 5.91 Å². The first-order valence-corrected chi connectivity index (χ1v) is 8.23. The summed E-state index contributed by atoms with van der Waals surface area (Å²) in [6.07, 6.45) is 6.98. The van der Waals surface area contributed by atoms with Gasteiger partial charge in [0.1, 0.15) is 0 Å². The van der Waals surface area contributed by atoms with Crippen LogP contribution >= 0.6 is 0 Å². The summed E-state index contributed by atoms with van der Waals surface area (Å²) in [5, 5.41) is 0. The molecule has 0 bridgehead atoms. The number of hydrogen-bond donors (Lipinski definition) is 0. The SMILES string of the molecule is O=C1CC[C@]2(CCCO2)CCN1CCCc1ccccc1. The number of nitrogens with zero attached hydrogens (tertiary/aromatic N) is 1. The third-order valence-electron chi connectivity index (χ3n) is 4.91. The van der Waals surface area contributed by atoms with Gasteiger partial charge in [0.2, 0.25) is 5.91 Å². The summed E-state index contributed by atoms with van der Waals surface area (Å²) in [6, 6.07) is 10.5. The predicted molar refractivity (Wildman–Crippen MR) is 83.1 cm³/mol. The minimum Gasteiger partial charge on any atom is -0.375 e. The van der Waals surface area contributed by atoms with Gasteiger partial charge in [-0.1, -0.05) is 30.3 Å². The Hall–Kier alpha value is -1.35. The average molecular weight is 287 g/mol. The van der Waals surface area contributed by atoms with Gasteiger partial charge in [0.15, 0.2) is 0 Å². The molecule has 3 heteroatoms. The van der Waals surface area contributed by atoms with Crippen LogP contribution < -0.4 is 0 Å². The normalized spacial score (nSPS) is 26.3. The van der Waals surface area contributed by atoms with Crippen molar-refractivity contribution in [2.45, 2.75) is 50.5 Å². The highest BCUT2D eigenvalue weighted by atomic mass is 16.5. The highest BCUT2D eigenvalue weighted by Crippen LogP contribution is 2.35. The average Bonchev–Trinajstić information content (AvgIpc) is 2.92. The maximum absolute atomic E-state index is 12.3. The number of ether oxygens (including phenoxy) is 1. The van der Waals surface area contributed by atoms with Gasteiger partial charge < -0.3 is 9.64 Å². The summed E-state index contributed by atoms with van der Waals surface area (Å²) >= 11 is 0. The zero-order valence-electron chi connectivity index (χ0n) is 12.7. The molecule has 0 aliphatic carbocycles. The lowest BCUT2D eigenvalue weighted by Crippen LogP contribution is -2.33. The minimum absolute atomic E-state index is 0.0177. The quantitative estimate of drug-likeness (QED) is 0.851. The fourth-order valence-electron chi connectivity index (χ4n) is 3.59. The molecule has 1 aromatic rings. The molecule has 1 amide bonds. The van der Waals surface area contributed by atoms with E-state index >= 15 is 0 Å². The molecule has 2 fully saturated rings. The maximum atomic E-state index is 12.3. The monoisotopic (exact) mass is 287 g/mol. The van der Waals surface area contributed by atoms with Crippen LogP contribution in [-0.2, 0) is 16.0 Å². The minimum atomic E-state index is 0.0177. The molecule has 2 heterocycles. The molecule has 1 aromatic carbocycles. The molecule has 1 spiro atoms. The lowest BCUT2D eigenvalue weighted by atomic mass is 9.92. The lowest BCUT2D eigenvalue weighted by molar-refractivity contribution is -0.130. The zero-order valence-corrected chi connectivity index (χ0v) is 12.7. The Morgan fingerprint density at radius 3 is 2.76 bits per heavy atom.